The van der Waals surface area contributed by atoms with Gasteiger partial charge in [-0.3, -0.25) is 4.79 Å². The fraction of sp³-hybridized carbons (Fsp3) is 0.900. The molecule has 16 heavy (non-hydrogen) atoms. The van der Waals surface area contributed by atoms with Gasteiger partial charge in [0.1, 0.15) is 0 Å². The van der Waals surface area contributed by atoms with Gasteiger partial charge in [-0.25, -0.2) is 8.42 Å². The predicted molar refractivity (Wildman–Crippen MR) is 64.3 cm³/mol. The maximum absolute atomic E-state index is 11.6. The second-order valence-corrected chi connectivity index (χ2v) is 7.20. The zero-order valence-electron chi connectivity index (χ0n) is 9.57. The van der Waals surface area contributed by atoms with Crippen LogP contribution in [-0.4, -0.2) is 37.2 Å². The standard InChI is InChI=1S/C10H18ClNO3S/c1-3-7(2)4-10(13)12-9-6-16(14,15)5-8(9)11/h7-9H,3-6H2,1-2H3,(H,12,13). The number of nitrogens with one attached hydrogen (secondary N) is 1. The molecule has 1 saturated heterocycles. The van der Waals surface area contributed by atoms with E-state index in [2.05, 4.69) is 5.32 Å². The van der Waals surface area contributed by atoms with Crippen molar-refractivity contribution in [3.63, 3.8) is 0 Å². The van der Waals surface area contributed by atoms with Gasteiger partial charge in [0.15, 0.2) is 9.84 Å². The summed E-state index contributed by atoms with van der Waals surface area (Å²) in [6, 6.07) is -0.428. The third kappa shape index (κ3) is 3.94. The van der Waals surface area contributed by atoms with Crippen LogP contribution in [0.5, 0.6) is 0 Å². The van der Waals surface area contributed by atoms with Crippen LogP contribution in [0.1, 0.15) is 26.7 Å². The highest BCUT2D eigenvalue weighted by Gasteiger charge is 2.37. The number of rotatable bonds is 4. The lowest BCUT2D eigenvalue weighted by atomic mass is 10.0. The molecule has 1 fully saturated rings. The quantitative estimate of drug-likeness (QED) is 0.771. The minimum atomic E-state index is -3.07. The van der Waals surface area contributed by atoms with E-state index in [-0.39, 0.29) is 17.4 Å². The van der Waals surface area contributed by atoms with E-state index in [9.17, 15) is 13.2 Å². The predicted octanol–water partition coefficient (Wildman–Crippen LogP) is 0.943. The Bertz CT molecular complexity index is 355. The van der Waals surface area contributed by atoms with Gasteiger partial charge in [-0.05, 0) is 5.92 Å². The lowest BCUT2D eigenvalue weighted by Gasteiger charge is -2.15. The Balaban J connectivity index is 2.46. The highest BCUT2D eigenvalue weighted by atomic mass is 35.5. The summed E-state index contributed by atoms with van der Waals surface area (Å²) >= 11 is 5.88. The molecule has 0 spiro atoms. The van der Waals surface area contributed by atoms with E-state index in [1.54, 1.807) is 0 Å². The zero-order valence-corrected chi connectivity index (χ0v) is 11.1. The van der Waals surface area contributed by atoms with Crippen molar-refractivity contribution in [2.75, 3.05) is 11.5 Å². The van der Waals surface area contributed by atoms with Crippen molar-refractivity contribution >= 4 is 27.3 Å². The molecule has 6 heteroatoms. The van der Waals surface area contributed by atoms with E-state index in [0.29, 0.717) is 12.3 Å². The van der Waals surface area contributed by atoms with Crippen molar-refractivity contribution in [2.24, 2.45) is 5.92 Å². The van der Waals surface area contributed by atoms with Crippen molar-refractivity contribution < 1.29 is 13.2 Å². The van der Waals surface area contributed by atoms with Crippen LogP contribution in [0.3, 0.4) is 0 Å². The summed E-state index contributed by atoms with van der Waals surface area (Å²) in [5, 5.41) is 2.20. The average molecular weight is 268 g/mol. The zero-order chi connectivity index (χ0) is 12.3. The van der Waals surface area contributed by atoms with Gasteiger partial charge in [0.05, 0.1) is 22.9 Å². The first-order chi connectivity index (χ1) is 7.34. The molecule has 1 amide bonds. The van der Waals surface area contributed by atoms with Crippen molar-refractivity contribution in [1.29, 1.82) is 0 Å². The number of alkyl halides is 1. The molecule has 3 atom stereocenters. The lowest BCUT2D eigenvalue weighted by Crippen LogP contribution is -2.41. The maximum atomic E-state index is 11.6. The average Bonchev–Trinajstić information content (AvgIpc) is 2.39. The van der Waals surface area contributed by atoms with Crippen LogP contribution in [0.4, 0.5) is 0 Å². The number of carbonyl (C=O) groups excluding carboxylic acids is 1. The Kier molecular flexibility index (Phi) is 4.62. The molecule has 0 radical (unpaired) electrons. The second-order valence-electron chi connectivity index (χ2n) is 4.48. The van der Waals surface area contributed by atoms with Crippen LogP contribution in [0.15, 0.2) is 0 Å². The van der Waals surface area contributed by atoms with E-state index in [4.69, 9.17) is 11.6 Å². The van der Waals surface area contributed by atoms with Crippen molar-refractivity contribution in [2.45, 2.75) is 38.1 Å². The van der Waals surface area contributed by atoms with Gasteiger partial charge in [0.25, 0.3) is 0 Å². The molecule has 0 bridgehead atoms. The first kappa shape index (κ1) is 13.8. The van der Waals surface area contributed by atoms with Gasteiger partial charge in [-0.2, -0.15) is 0 Å². The molecule has 0 aliphatic carbocycles. The van der Waals surface area contributed by atoms with E-state index in [1.165, 1.54) is 0 Å². The number of carbonyl (C=O) groups is 1. The summed E-state index contributed by atoms with van der Waals surface area (Å²) < 4.78 is 22.6. The molecule has 4 nitrogen and oxygen atoms in total. The summed E-state index contributed by atoms with van der Waals surface area (Å²) in [4.78, 5) is 11.6. The fourth-order valence-corrected chi connectivity index (χ4v) is 4.21. The van der Waals surface area contributed by atoms with Gasteiger partial charge in [-0.15, -0.1) is 11.6 Å². The molecular formula is C10H18ClNO3S. The van der Waals surface area contributed by atoms with Crippen LogP contribution >= 0.6 is 11.6 Å². The number of sulfone groups is 1. The molecule has 0 saturated carbocycles. The maximum Gasteiger partial charge on any atom is 0.220 e. The largest absolute Gasteiger partial charge is 0.351 e. The fourth-order valence-electron chi connectivity index (χ4n) is 1.66. The third-order valence-electron chi connectivity index (χ3n) is 2.86. The third-order valence-corrected chi connectivity index (χ3v) is 5.24. The number of halogens is 1. The van der Waals surface area contributed by atoms with Crippen molar-refractivity contribution in [1.82, 2.24) is 5.32 Å². The molecule has 1 aliphatic rings. The normalized spacial score (nSPS) is 29.9. The van der Waals surface area contributed by atoms with E-state index >= 15 is 0 Å². The van der Waals surface area contributed by atoms with Gasteiger partial charge >= 0.3 is 0 Å². The van der Waals surface area contributed by atoms with Crippen LogP contribution in [0.25, 0.3) is 0 Å². The summed E-state index contributed by atoms with van der Waals surface area (Å²) in [7, 11) is -3.07. The van der Waals surface area contributed by atoms with Crippen LogP contribution in [0, 0.1) is 5.92 Å². The number of hydrogen-bond donors (Lipinski definition) is 1. The van der Waals surface area contributed by atoms with Gasteiger partial charge in [0.2, 0.25) is 5.91 Å². The molecule has 1 rings (SSSR count). The summed E-state index contributed by atoms with van der Waals surface area (Å²) in [6.07, 6.45) is 1.36. The van der Waals surface area contributed by atoms with E-state index in [0.717, 1.165) is 6.42 Å². The van der Waals surface area contributed by atoms with Crippen LogP contribution in [-0.2, 0) is 14.6 Å². The highest BCUT2D eigenvalue weighted by Crippen LogP contribution is 2.18. The smallest absolute Gasteiger partial charge is 0.220 e. The Morgan fingerprint density at radius 1 is 1.50 bits per heavy atom. The van der Waals surface area contributed by atoms with Crippen LogP contribution < -0.4 is 5.32 Å². The number of hydrogen-bond acceptors (Lipinski definition) is 3. The molecule has 94 valence electrons. The van der Waals surface area contributed by atoms with E-state index in [1.807, 2.05) is 13.8 Å². The molecular weight excluding hydrogens is 250 g/mol. The minimum absolute atomic E-state index is 0.0343. The molecule has 0 aromatic rings. The summed E-state index contributed by atoms with van der Waals surface area (Å²) in [6.45, 7) is 4.01. The first-order valence-electron chi connectivity index (χ1n) is 5.48. The second kappa shape index (κ2) is 5.36. The molecule has 0 aromatic carbocycles. The molecule has 3 unspecified atom stereocenters. The summed E-state index contributed by atoms with van der Waals surface area (Å²) in [5.41, 5.74) is 0. The first-order valence-corrected chi connectivity index (χ1v) is 7.73. The van der Waals surface area contributed by atoms with E-state index < -0.39 is 21.3 Å². The minimum Gasteiger partial charge on any atom is -0.351 e. The van der Waals surface area contributed by atoms with Crippen molar-refractivity contribution in [3.8, 4) is 0 Å². The highest BCUT2D eigenvalue weighted by molar-refractivity contribution is 7.91. The topological polar surface area (TPSA) is 63.2 Å². The number of amides is 1. The Labute approximate surface area is 102 Å². The Morgan fingerprint density at radius 3 is 2.56 bits per heavy atom. The lowest BCUT2D eigenvalue weighted by molar-refractivity contribution is -0.122. The van der Waals surface area contributed by atoms with Crippen molar-refractivity contribution in [3.05, 3.63) is 0 Å². The van der Waals surface area contributed by atoms with Gasteiger partial charge in [0, 0.05) is 6.42 Å². The molecule has 1 heterocycles. The van der Waals surface area contributed by atoms with Crippen LogP contribution in [0.2, 0.25) is 0 Å². The van der Waals surface area contributed by atoms with Gasteiger partial charge < -0.3 is 5.32 Å². The Hall–Kier alpha value is -0.290. The Morgan fingerprint density at radius 2 is 2.12 bits per heavy atom. The SMILES string of the molecule is CCC(C)CC(=O)NC1CS(=O)(=O)CC1Cl. The molecule has 1 aliphatic heterocycles. The summed E-state index contributed by atoms with van der Waals surface area (Å²) in [5.74, 6) is 0.130. The molecule has 1 N–H and O–H groups in total. The molecule has 0 aromatic heterocycles. The monoisotopic (exact) mass is 267 g/mol. The van der Waals surface area contributed by atoms with Gasteiger partial charge in [-0.1, -0.05) is 20.3 Å².